The Morgan fingerprint density at radius 1 is 1.23 bits per heavy atom. The zero-order chi connectivity index (χ0) is 21.9. The number of ether oxygens (including phenoxy) is 1. The molecule has 160 valence electrons. The first kappa shape index (κ1) is 21.5. The summed E-state index contributed by atoms with van der Waals surface area (Å²) in [6, 6.07) is 8.71. The van der Waals surface area contributed by atoms with Gasteiger partial charge >= 0.3 is 0 Å². The molecule has 1 fully saturated rings. The van der Waals surface area contributed by atoms with Gasteiger partial charge in [-0.25, -0.2) is 13.1 Å². The van der Waals surface area contributed by atoms with Gasteiger partial charge in [-0.15, -0.1) is 0 Å². The van der Waals surface area contributed by atoms with Crippen LogP contribution in [-0.4, -0.2) is 38.9 Å². The van der Waals surface area contributed by atoms with Crippen molar-refractivity contribution in [1.82, 2.24) is 4.72 Å². The van der Waals surface area contributed by atoms with Gasteiger partial charge in [0.15, 0.2) is 0 Å². The summed E-state index contributed by atoms with van der Waals surface area (Å²) in [4.78, 5) is 22.9. The van der Waals surface area contributed by atoms with E-state index in [2.05, 4.69) is 15.4 Å². The Morgan fingerprint density at radius 3 is 2.60 bits per heavy atom. The lowest BCUT2D eigenvalue weighted by atomic mass is 10.1. The molecule has 2 aromatic rings. The summed E-state index contributed by atoms with van der Waals surface area (Å²) in [6.07, 6.45) is 1.63. The van der Waals surface area contributed by atoms with Crippen LogP contribution in [0.1, 0.15) is 18.4 Å². The van der Waals surface area contributed by atoms with Crippen molar-refractivity contribution < 1.29 is 22.9 Å². The van der Waals surface area contributed by atoms with Crippen molar-refractivity contribution in [1.29, 1.82) is 0 Å². The maximum Gasteiger partial charge on any atom is 0.274 e. The van der Waals surface area contributed by atoms with E-state index in [0.29, 0.717) is 22.7 Å². The molecule has 30 heavy (non-hydrogen) atoms. The monoisotopic (exact) mass is 434 g/mol. The topological polar surface area (TPSA) is 140 Å². The molecule has 0 radical (unpaired) electrons. The molecule has 11 heteroatoms. The minimum absolute atomic E-state index is 0.0301. The predicted octanol–water partition coefficient (Wildman–Crippen LogP) is 2.40. The number of nitrogens with zero attached hydrogens (tertiary/aromatic N) is 1. The zero-order valence-electron chi connectivity index (χ0n) is 16.5. The molecule has 1 amide bonds. The summed E-state index contributed by atoms with van der Waals surface area (Å²) in [5.41, 5.74) is 0.909. The van der Waals surface area contributed by atoms with E-state index in [1.165, 1.54) is 37.4 Å². The summed E-state index contributed by atoms with van der Waals surface area (Å²) in [5, 5.41) is 16.5. The van der Waals surface area contributed by atoms with E-state index in [1.54, 1.807) is 13.0 Å². The van der Waals surface area contributed by atoms with Crippen LogP contribution < -0.4 is 20.1 Å². The van der Waals surface area contributed by atoms with Gasteiger partial charge in [0.2, 0.25) is 15.9 Å². The second-order valence-corrected chi connectivity index (χ2v) is 8.58. The first-order chi connectivity index (χ1) is 14.2. The number of amides is 1. The summed E-state index contributed by atoms with van der Waals surface area (Å²) in [5.74, 6) is -0.0790. The number of benzene rings is 2. The Balaban J connectivity index is 1.71. The van der Waals surface area contributed by atoms with Gasteiger partial charge in [0.1, 0.15) is 5.75 Å². The molecule has 0 bridgehead atoms. The molecule has 1 aliphatic rings. The van der Waals surface area contributed by atoms with Crippen molar-refractivity contribution in [3.05, 3.63) is 52.1 Å². The van der Waals surface area contributed by atoms with Gasteiger partial charge in [0, 0.05) is 12.1 Å². The second-order valence-electron chi connectivity index (χ2n) is 6.87. The minimum Gasteiger partial charge on any atom is -0.495 e. The first-order valence-electron chi connectivity index (χ1n) is 9.19. The third kappa shape index (κ3) is 5.05. The second kappa shape index (κ2) is 8.67. The highest BCUT2D eigenvalue weighted by Gasteiger charge is 2.28. The lowest BCUT2D eigenvalue weighted by molar-refractivity contribution is -0.385. The SMILES string of the molecule is COc1ccc(S(=O)(=O)NC2CC2)cc1NCC(=O)Nc1cccc([N+](=O)[O-])c1C. The smallest absolute Gasteiger partial charge is 0.274 e. The molecule has 1 saturated carbocycles. The standard InChI is InChI=1S/C19H22N4O6S/c1-12-15(4-3-5-17(12)23(25)26)21-19(24)11-20-16-10-14(8-9-18(16)29-2)30(27,28)22-13-6-7-13/h3-5,8-10,13,20,22H,6-7,11H2,1-2H3,(H,21,24). The molecule has 3 N–H and O–H groups in total. The van der Waals surface area contributed by atoms with Crippen LogP contribution in [0.4, 0.5) is 17.1 Å². The number of nitrogens with one attached hydrogen (secondary N) is 3. The number of sulfonamides is 1. The molecule has 0 aliphatic heterocycles. The van der Waals surface area contributed by atoms with Crippen LogP contribution in [0, 0.1) is 17.0 Å². The van der Waals surface area contributed by atoms with Crippen molar-refractivity contribution in [3.63, 3.8) is 0 Å². The van der Waals surface area contributed by atoms with Crippen molar-refractivity contribution in [2.75, 3.05) is 24.3 Å². The third-order valence-corrected chi connectivity index (χ3v) is 6.11. The fourth-order valence-electron chi connectivity index (χ4n) is 2.81. The Morgan fingerprint density at radius 2 is 1.97 bits per heavy atom. The van der Waals surface area contributed by atoms with Gasteiger partial charge in [-0.05, 0) is 44.0 Å². The van der Waals surface area contributed by atoms with Gasteiger partial charge in [-0.1, -0.05) is 6.07 Å². The molecule has 0 saturated heterocycles. The third-order valence-electron chi connectivity index (χ3n) is 4.60. The quantitative estimate of drug-likeness (QED) is 0.407. The van der Waals surface area contributed by atoms with Crippen molar-refractivity contribution in [2.24, 2.45) is 0 Å². The van der Waals surface area contributed by atoms with E-state index in [-0.39, 0.29) is 23.2 Å². The maximum atomic E-state index is 12.4. The highest BCUT2D eigenvalue weighted by molar-refractivity contribution is 7.89. The first-order valence-corrected chi connectivity index (χ1v) is 10.7. The molecule has 3 rings (SSSR count). The Bertz CT molecular complexity index is 1080. The summed E-state index contributed by atoms with van der Waals surface area (Å²) >= 11 is 0. The molecule has 0 aromatic heterocycles. The van der Waals surface area contributed by atoms with E-state index in [9.17, 15) is 23.3 Å². The zero-order valence-corrected chi connectivity index (χ0v) is 17.3. The highest BCUT2D eigenvalue weighted by Crippen LogP contribution is 2.29. The molecular weight excluding hydrogens is 412 g/mol. The Labute approximate surface area is 173 Å². The normalized spacial score (nSPS) is 13.5. The summed E-state index contributed by atoms with van der Waals surface area (Å²) in [6.45, 7) is 1.35. The Kier molecular flexibility index (Phi) is 6.22. The minimum atomic E-state index is -3.66. The fraction of sp³-hybridized carbons (Fsp3) is 0.316. The highest BCUT2D eigenvalue weighted by atomic mass is 32.2. The molecule has 0 atom stereocenters. The van der Waals surface area contributed by atoms with Crippen LogP contribution in [0.5, 0.6) is 5.75 Å². The lowest BCUT2D eigenvalue weighted by Crippen LogP contribution is -2.26. The molecule has 10 nitrogen and oxygen atoms in total. The average molecular weight is 434 g/mol. The number of hydrogen-bond acceptors (Lipinski definition) is 7. The molecule has 0 heterocycles. The van der Waals surface area contributed by atoms with E-state index < -0.39 is 20.9 Å². The molecule has 0 spiro atoms. The number of nitro benzene ring substituents is 1. The number of anilines is 2. The molecule has 2 aromatic carbocycles. The van der Waals surface area contributed by atoms with Gasteiger partial charge in [0.05, 0.1) is 40.4 Å². The molecule has 1 aliphatic carbocycles. The number of nitro groups is 1. The average Bonchev–Trinajstić information content (AvgIpc) is 3.50. The number of carbonyl (C=O) groups excluding carboxylic acids is 1. The van der Waals surface area contributed by atoms with Gasteiger partial charge in [0.25, 0.3) is 5.69 Å². The summed E-state index contributed by atoms with van der Waals surface area (Å²) < 4.78 is 32.7. The van der Waals surface area contributed by atoms with Gasteiger partial charge in [-0.3, -0.25) is 14.9 Å². The Hall–Kier alpha value is -3.18. The number of carbonyl (C=O) groups is 1. The van der Waals surface area contributed by atoms with Crippen LogP contribution in [0.2, 0.25) is 0 Å². The van der Waals surface area contributed by atoms with E-state index in [0.717, 1.165) is 12.8 Å². The molecular formula is C19H22N4O6S. The van der Waals surface area contributed by atoms with Crippen molar-refractivity contribution >= 4 is 33.0 Å². The van der Waals surface area contributed by atoms with E-state index in [4.69, 9.17) is 4.74 Å². The van der Waals surface area contributed by atoms with Crippen LogP contribution in [0.15, 0.2) is 41.3 Å². The van der Waals surface area contributed by atoms with Crippen LogP contribution in [0.3, 0.4) is 0 Å². The number of hydrogen-bond donors (Lipinski definition) is 3. The summed E-state index contributed by atoms with van der Waals surface area (Å²) in [7, 11) is -2.23. The van der Waals surface area contributed by atoms with E-state index in [1.807, 2.05) is 0 Å². The number of rotatable bonds is 9. The largest absolute Gasteiger partial charge is 0.495 e. The van der Waals surface area contributed by atoms with E-state index >= 15 is 0 Å². The predicted molar refractivity (Wildman–Crippen MR) is 111 cm³/mol. The number of methoxy groups -OCH3 is 1. The van der Waals surface area contributed by atoms with Crippen molar-refractivity contribution in [2.45, 2.75) is 30.7 Å². The van der Waals surface area contributed by atoms with Gasteiger partial charge < -0.3 is 15.4 Å². The fourth-order valence-corrected chi connectivity index (χ4v) is 4.14. The van der Waals surface area contributed by atoms with Crippen LogP contribution in [0.25, 0.3) is 0 Å². The van der Waals surface area contributed by atoms with Crippen LogP contribution >= 0.6 is 0 Å². The molecule has 0 unspecified atom stereocenters. The van der Waals surface area contributed by atoms with Crippen molar-refractivity contribution in [3.8, 4) is 5.75 Å². The lowest BCUT2D eigenvalue weighted by Gasteiger charge is -2.14. The maximum absolute atomic E-state index is 12.4. The van der Waals surface area contributed by atoms with Crippen LogP contribution in [-0.2, 0) is 14.8 Å². The van der Waals surface area contributed by atoms with Gasteiger partial charge in [-0.2, -0.15) is 0 Å².